The summed E-state index contributed by atoms with van der Waals surface area (Å²) in [6.45, 7) is 2.50. The molecule has 0 fully saturated rings. The summed E-state index contributed by atoms with van der Waals surface area (Å²) >= 11 is 0. The van der Waals surface area contributed by atoms with Crippen LogP contribution < -0.4 is 19.4 Å². The Morgan fingerprint density at radius 2 is 1.68 bits per heavy atom. The molecule has 0 unspecified atom stereocenters. The quantitative estimate of drug-likeness (QED) is 0.323. The highest BCUT2D eigenvalue weighted by molar-refractivity contribution is 5.61. The molecule has 0 spiro atoms. The molecule has 0 aliphatic rings. The zero-order valence-electron chi connectivity index (χ0n) is 21.1. The molecule has 188 valence electrons. The summed E-state index contributed by atoms with van der Waals surface area (Å²) < 4.78 is 15.3. The van der Waals surface area contributed by atoms with Gasteiger partial charge in [-0.3, -0.25) is 0 Å². The van der Waals surface area contributed by atoms with Crippen molar-refractivity contribution in [3.8, 4) is 34.6 Å². The number of hydrogen-bond donors (Lipinski definition) is 1. The molecule has 5 rings (SSSR count). The van der Waals surface area contributed by atoms with Crippen LogP contribution in [0.25, 0.3) is 16.9 Å². The van der Waals surface area contributed by atoms with Gasteiger partial charge in [0.25, 0.3) is 5.65 Å². The van der Waals surface area contributed by atoms with E-state index in [1.807, 2.05) is 78.2 Å². The van der Waals surface area contributed by atoms with Crippen LogP contribution in [0, 0.1) is 18.3 Å². The second-order valence-corrected chi connectivity index (χ2v) is 8.92. The number of ether oxygens (including phenoxy) is 2. The van der Waals surface area contributed by atoms with Crippen LogP contribution in [0.5, 0.6) is 17.2 Å². The van der Waals surface area contributed by atoms with E-state index >= 15 is 0 Å². The maximum Gasteiger partial charge on any atom is 0.341 e. The average Bonchev–Trinajstić information content (AvgIpc) is 2.96. The maximum atomic E-state index is 13.6. The highest BCUT2D eigenvalue weighted by atomic mass is 16.5. The molecule has 7 nitrogen and oxygen atoms in total. The van der Waals surface area contributed by atoms with E-state index in [2.05, 4.69) is 6.07 Å². The van der Waals surface area contributed by atoms with Gasteiger partial charge < -0.3 is 14.6 Å². The summed E-state index contributed by atoms with van der Waals surface area (Å²) in [7, 11) is 1.59. The number of pyridine rings is 1. The lowest BCUT2D eigenvalue weighted by molar-refractivity contribution is -0.504. The van der Waals surface area contributed by atoms with Crippen molar-refractivity contribution in [1.82, 2.24) is 4.57 Å². The first-order valence-electron chi connectivity index (χ1n) is 12.1. The average molecular weight is 505 g/mol. The van der Waals surface area contributed by atoms with Crippen molar-refractivity contribution >= 4 is 5.65 Å². The molecular weight excluding hydrogens is 478 g/mol. The van der Waals surface area contributed by atoms with E-state index in [1.165, 1.54) is 0 Å². The number of aromatic hydroxyl groups is 1. The molecule has 7 heteroatoms. The molecule has 0 saturated heterocycles. The van der Waals surface area contributed by atoms with Gasteiger partial charge in [0, 0.05) is 11.6 Å². The Bertz CT molecular complexity index is 1720. The summed E-state index contributed by atoms with van der Waals surface area (Å²) in [5.74, 6) is 1.33. The topological polar surface area (TPSA) is 88.6 Å². The van der Waals surface area contributed by atoms with Crippen LogP contribution in [0.15, 0.2) is 95.9 Å². The lowest BCUT2D eigenvalue weighted by Gasteiger charge is -2.13. The van der Waals surface area contributed by atoms with Crippen LogP contribution in [0.3, 0.4) is 0 Å². The summed E-state index contributed by atoms with van der Waals surface area (Å²) in [6, 6.07) is 27.6. The standard InChI is InChI=1S/C31H25N3O4/c1-21-30(25-11-13-26(35)14-12-25)33-16-4-3-5-29(33)34(31(21)36)19-24-10-15-27(28(17-24)37-2)38-20-23-8-6-22(18-32)7-9-23/h3-17H,19-20H2,1-2H3/p+1. The largest absolute Gasteiger partial charge is 0.508 e. The molecule has 2 heterocycles. The molecule has 0 bridgehead atoms. The molecule has 0 aliphatic heterocycles. The fourth-order valence-electron chi connectivity index (χ4n) is 4.51. The van der Waals surface area contributed by atoms with Gasteiger partial charge in [0.2, 0.25) is 0 Å². The molecule has 0 saturated carbocycles. The fourth-order valence-corrected chi connectivity index (χ4v) is 4.51. The van der Waals surface area contributed by atoms with Crippen molar-refractivity contribution in [2.45, 2.75) is 20.1 Å². The van der Waals surface area contributed by atoms with Gasteiger partial charge in [-0.05, 0) is 72.6 Å². The predicted molar refractivity (Wildman–Crippen MR) is 143 cm³/mol. The lowest BCUT2D eigenvalue weighted by atomic mass is 10.1. The molecule has 38 heavy (non-hydrogen) atoms. The molecular formula is C31H26N3O4+. The first-order chi connectivity index (χ1) is 18.5. The van der Waals surface area contributed by atoms with Crippen LogP contribution in [0.4, 0.5) is 0 Å². The number of nitriles is 1. The third-order valence-electron chi connectivity index (χ3n) is 6.46. The monoisotopic (exact) mass is 504 g/mol. The Balaban J connectivity index is 1.47. The number of phenols is 1. The normalized spacial score (nSPS) is 10.8. The third-order valence-corrected chi connectivity index (χ3v) is 6.46. The van der Waals surface area contributed by atoms with Crippen LogP contribution >= 0.6 is 0 Å². The molecule has 3 aromatic carbocycles. The Hall–Kier alpha value is -5.09. The van der Waals surface area contributed by atoms with Gasteiger partial charge in [0.15, 0.2) is 17.2 Å². The van der Waals surface area contributed by atoms with Crippen molar-refractivity contribution in [2.24, 2.45) is 0 Å². The highest BCUT2D eigenvalue weighted by Gasteiger charge is 2.22. The van der Waals surface area contributed by atoms with E-state index in [0.29, 0.717) is 35.8 Å². The van der Waals surface area contributed by atoms with Gasteiger partial charge in [-0.2, -0.15) is 14.2 Å². The van der Waals surface area contributed by atoms with Gasteiger partial charge in [0.1, 0.15) is 18.9 Å². The van der Waals surface area contributed by atoms with Crippen LogP contribution in [-0.2, 0) is 13.2 Å². The number of aromatic nitrogens is 2. The Labute approximate surface area is 220 Å². The first-order valence-corrected chi connectivity index (χ1v) is 12.1. The van der Waals surface area contributed by atoms with Gasteiger partial charge in [-0.15, -0.1) is 0 Å². The SMILES string of the molecule is COc1cc(Cn2c(=O)c(C)c(-c3ccc(O)cc3)[n+]3ccccc23)ccc1OCc1ccc(C#N)cc1. The fraction of sp³-hybridized carbons (Fsp3) is 0.129. The Morgan fingerprint density at radius 1 is 0.947 bits per heavy atom. The maximum absolute atomic E-state index is 13.6. The summed E-state index contributed by atoms with van der Waals surface area (Å²) in [5.41, 5.74) is 5.30. The molecule has 1 N–H and O–H groups in total. The van der Waals surface area contributed by atoms with Crippen LogP contribution in [0.2, 0.25) is 0 Å². The smallest absolute Gasteiger partial charge is 0.341 e. The highest BCUT2D eigenvalue weighted by Crippen LogP contribution is 2.29. The second kappa shape index (κ2) is 10.5. The van der Waals surface area contributed by atoms with Crippen molar-refractivity contribution < 1.29 is 19.0 Å². The van der Waals surface area contributed by atoms with Crippen molar-refractivity contribution in [3.05, 3.63) is 124 Å². The Morgan fingerprint density at radius 3 is 2.39 bits per heavy atom. The number of benzene rings is 3. The summed E-state index contributed by atoms with van der Waals surface area (Å²) in [5, 5.41) is 18.7. The molecule has 0 amide bonds. The van der Waals surface area contributed by atoms with E-state index in [1.54, 1.807) is 35.9 Å². The van der Waals surface area contributed by atoms with Crippen molar-refractivity contribution in [2.75, 3.05) is 7.11 Å². The zero-order valence-corrected chi connectivity index (χ0v) is 21.1. The summed E-state index contributed by atoms with van der Waals surface area (Å²) in [6.07, 6.45) is 1.93. The molecule has 2 aromatic heterocycles. The summed E-state index contributed by atoms with van der Waals surface area (Å²) in [4.78, 5) is 13.6. The first kappa shape index (κ1) is 24.6. The number of nitrogens with zero attached hydrogens (tertiary/aromatic N) is 3. The van der Waals surface area contributed by atoms with E-state index in [-0.39, 0.29) is 11.3 Å². The van der Waals surface area contributed by atoms with E-state index in [9.17, 15) is 9.90 Å². The lowest BCUT2D eigenvalue weighted by Crippen LogP contribution is -2.38. The molecule has 0 aliphatic carbocycles. The van der Waals surface area contributed by atoms with E-state index < -0.39 is 0 Å². The van der Waals surface area contributed by atoms with E-state index in [0.717, 1.165) is 28.0 Å². The molecule has 5 aromatic rings. The van der Waals surface area contributed by atoms with Gasteiger partial charge in [-0.25, -0.2) is 4.79 Å². The second-order valence-electron chi connectivity index (χ2n) is 8.92. The zero-order chi connectivity index (χ0) is 26.6. The van der Waals surface area contributed by atoms with Crippen molar-refractivity contribution in [3.63, 3.8) is 0 Å². The van der Waals surface area contributed by atoms with Gasteiger partial charge in [-0.1, -0.05) is 24.3 Å². The minimum atomic E-state index is -0.0978. The van der Waals surface area contributed by atoms with Crippen LogP contribution in [-0.4, -0.2) is 16.8 Å². The van der Waals surface area contributed by atoms with Gasteiger partial charge >= 0.3 is 5.56 Å². The number of methoxy groups -OCH3 is 1. The number of rotatable bonds is 7. The minimum absolute atomic E-state index is 0.0978. The number of phenolic OH excluding ortho intramolecular Hbond substituents is 1. The minimum Gasteiger partial charge on any atom is -0.508 e. The third kappa shape index (κ3) is 4.80. The molecule has 0 atom stereocenters. The van der Waals surface area contributed by atoms with Crippen molar-refractivity contribution in [1.29, 1.82) is 5.26 Å². The van der Waals surface area contributed by atoms with Gasteiger partial charge in [0.05, 0.1) is 30.5 Å². The number of fused-ring (bicyclic) bond motifs is 1. The predicted octanol–water partition coefficient (Wildman–Crippen LogP) is 4.78. The van der Waals surface area contributed by atoms with E-state index in [4.69, 9.17) is 14.7 Å². The Kier molecular flexibility index (Phi) is 6.79. The molecule has 0 radical (unpaired) electrons. The van der Waals surface area contributed by atoms with Crippen LogP contribution in [0.1, 0.15) is 22.3 Å². The number of hydrogen-bond acceptors (Lipinski definition) is 5.